The van der Waals surface area contributed by atoms with Crippen LogP contribution in [-0.2, 0) is 10.0 Å². The molecule has 0 aliphatic rings. The Labute approximate surface area is 137 Å². The molecule has 0 aliphatic heterocycles. The lowest BCUT2D eigenvalue weighted by molar-refractivity contribution is 0.599. The number of nitrogens with one attached hydrogen (secondary N) is 2. The highest BCUT2D eigenvalue weighted by molar-refractivity contribution is 7.92. The average Bonchev–Trinajstić information content (AvgIpc) is 2.56. The predicted octanol–water partition coefficient (Wildman–Crippen LogP) is 2.44. The van der Waals surface area contributed by atoms with E-state index >= 15 is 0 Å². The molecular weight excluding hydrogens is 333 g/mol. The molecule has 2 N–H and O–H groups in total. The highest BCUT2D eigenvalue weighted by atomic mass is 32.2. The summed E-state index contributed by atoms with van der Waals surface area (Å²) in [5.41, 5.74) is 2.71. The van der Waals surface area contributed by atoms with Gasteiger partial charge in [0.1, 0.15) is 18.0 Å². The molecule has 0 spiro atoms. The summed E-state index contributed by atoms with van der Waals surface area (Å²) in [6.45, 7) is 0. The Kier molecular flexibility index (Phi) is 5.09. The summed E-state index contributed by atoms with van der Waals surface area (Å²) >= 11 is 0. The first-order chi connectivity index (χ1) is 11.4. The van der Waals surface area contributed by atoms with Crippen molar-refractivity contribution in [2.45, 2.75) is 4.90 Å². The van der Waals surface area contributed by atoms with Gasteiger partial charge in [-0.2, -0.15) is 15.6 Å². The zero-order valence-corrected chi connectivity index (χ0v) is 12.9. The highest BCUT2D eigenvalue weighted by Gasteiger charge is 2.14. The van der Waals surface area contributed by atoms with Crippen molar-refractivity contribution in [2.24, 2.45) is 5.10 Å². The second kappa shape index (κ2) is 7.22. The normalized spacial score (nSPS) is 10.1. The topological polar surface area (TPSA) is 118 Å². The fraction of sp³-hybridized carbons (Fsp3) is 0. The van der Waals surface area contributed by atoms with E-state index in [4.69, 9.17) is 10.5 Å². The Morgan fingerprint density at radius 3 is 2.29 bits per heavy atom. The van der Waals surface area contributed by atoms with Gasteiger partial charge in [0, 0.05) is 0 Å². The van der Waals surface area contributed by atoms with Crippen molar-refractivity contribution in [1.29, 1.82) is 10.5 Å². The van der Waals surface area contributed by atoms with Crippen LogP contribution >= 0.6 is 0 Å². The maximum atomic E-state index is 12.9. The van der Waals surface area contributed by atoms with Crippen molar-refractivity contribution in [3.05, 3.63) is 54.3 Å². The molecule has 0 bridgehead atoms. The SMILES string of the molecule is N#CC(C#N)=NNc1cccc(NS(=O)(=O)c2ccc(F)cc2)c1. The minimum absolute atomic E-state index is 0.0865. The molecule has 0 unspecified atom stereocenters. The van der Waals surface area contributed by atoms with Gasteiger partial charge in [-0.15, -0.1) is 0 Å². The number of sulfonamides is 1. The van der Waals surface area contributed by atoms with E-state index in [0.29, 0.717) is 5.69 Å². The van der Waals surface area contributed by atoms with Gasteiger partial charge in [0.15, 0.2) is 0 Å². The fourth-order valence-electron chi connectivity index (χ4n) is 1.68. The van der Waals surface area contributed by atoms with Gasteiger partial charge in [-0.1, -0.05) is 6.07 Å². The van der Waals surface area contributed by atoms with Gasteiger partial charge in [0.2, 0.25) is 5.71 Å². The van der Waals surface area contributed by atoms with Gasteiger partial charge in [-0.05, 0) is 42.5 Å². The minimum Gasteiger partial charge on any atom is -0.280 e. The molecule has 0 fully saturated rings. The molecule has 7 nitrogen and oxygen atoms in total. The molecule has 0 aromatic heterocycles. The van der Waals surface area contributed by atoms with Gasteiger partial charge in [0.25, 0.3) is 10.0 Å². The summed E-state index contributed by atoms with van der Waals surface area (Å²) in [6.07, 6.45) is 0. The van der Waals surface area contributed by atoms with Crippen molar-refractivity contribution in [2.75, 3.05) is 10.1 Å². The van der Waals surface area contributed by atoms with Crippen LogP contribution in [0.5, 0.6) is 0 Å². The Hall–Kier alpha value is -3.43. The van der Waals surface area contributed by atoms with Crippen LogP contribution in [0.15, 0.2) is 58.5 Å². The van der Waals surface area contributed by atoms with E-state index in [1.807, 2.05) is 0 Å². The smallest absolute Gasteiger partial charge is 0.261 e. The van der Waals surface area contributed by atoms with Crippen molar-refractivity contribution in [3.8, 4) is 12.1 Å². The Balaban J connectivity index is 2.20. The van der Waals surface area contributed by atoms with E-state index in [0.717, 1.165) is 24.3 Å². The number of rotatable bonds is 5. The quantitative estimate of drug-likeness (QED) is 0.638. The third-order valence-corrected chi connectivity index (χ3v) is 4.14. The molecule has 0 amide bonds. The molecule has 0 saturated heterocycles. The molecular formula is C15H10FN5O2S. The van der Waals surface area contributed by atoms with Crippen molar-refractivity contribution in [1.82, 2.24) is 0 Å². The lowest BCUT2D eigenvalue weighted by atomic mass is 10.3. The van der Waals surface area contributed by atoms with E-state index in [1.54, 1.807) is 24.3 Å². The van der Waals surface area contributed by atoms with Gasteiger partial charge < -0.3 is 0 Å². The largest absolute Gasteiger partial charge is 0.280 e. The number of anilines is 2. The predicted molar refractivity (Wildman–Crippen MR) is 85.9 cm³/mol. The van der Waals surface area contributed by atoms with E-state index in [2.05, 4.69) is 15.2 Å². The Morgan fingerprint density at radius 1 is 1.04 bits per heavy atom. The zero-order valence-electron chi connectivity index (χ0n) is 12.1. The first kappa shape index (κ1) is 16.9. The Bertz CT molecular complexity index is 941. The van der Waals surface area contributed by atoms with E-state index < -0.39 is 15.8 Å². The minimum atomic E-state index is -3.87. The van der Waals surface area contributed by atoms with Crippen molar-refractivity contribution < 1.29 is 12.8 Å². The van der Waals surface area contributed by atoms with Crippen LogP contribution < -0.4 is 10.1 Å². The monoisotopic (exact) mass is 343 g/mol. The maximum absolute atomic E-state index is 12.9. The van der Waals surface area contributed by atoms with Crippen LogP contribution in [-0.4, -0.2) is 14.1 Å². The molecule has 0 saturated carbocycles. The number of nitrogens with zero attached hydrogens (tertiary/aromatic N) is 3. The number of hydrogen-bond donors (Lipinski definition) is 2. The summed E-state index contributed by atoms with van der Waals surface area (Å²) < 4.78 is 39.7. The average molecular weight is 343 g/mol. The lowest BCUT2D eigenvalue weighted by Crippen LogP contribution is -2.13. The molecule has 120 valence electrons. The van der Waals surface area contributed by atoms with Crippen LogP contribution in [0.1, 0.15) is 0 Å². The van der Waals surface area contributed by atoms with Crippen LogP contribution in [0, 0.1) is 28.5 Å². The fourth-order valence-corrected chi connectivity index (χ4v) is 2.73. The summed E-state index contributed by atoms with van der Waals surface area (Å²) in [5.74, 6) is -0.538. The number of benzene rings is 2. The molecule has 24 heavy (non-hydrogen) atoms. The summed E-state index contributed by atoms with van der Waals surface area (Å²) in [7, 11) is -3.87. The van der Waals surface area contributed by atoms with Crippen LogP contribution in [0.4, 0.5) is 15.8 Å². The zero-order chi connectivity index (χ0) is 17.6. The molecule has 0 heterocycles. The third-order valence-electron chi connectivity index (χ3n) is 2.75. The van der Waals surface area contributed by atoms with E-state index in [1.165, 1.54) is 12.1 Å². The highest BCUT2D eigenvalue weighted by Crippen LogP contribution is 2.19. The second-order valence-electron chi connectivity index (χ2n) is 4.44. The van der Waals surface area contributed by atoms with E-state index in [-0.39, 0.29) is 16.3 Å². The molecule has 0 aliphatic carbocycles. The molecule has 0 radical (unpaired) electrons. The van der Waals surface area contributed by atoms with Gasteiger partial charge in [0.05, 0.1) is 16.3 Å². The summed E-state index contributed by atoms with van der Waals surface area (Å²) in [6, 6.07) is 13.6. The van der Waals surface area contributed by atoms with Gasteiger partial charge >= 0.3 is 0 Å². The molecule has 2 aromatic carbocycles. The van der Waals surface area contributed by atoms with Crippen molar-refractivity contribution >= 4 is 27.1 Å². The van der Waals surface area contributed by atoms with Crippen LogP contribution in [0.2, 0.25) is 0 Å². The van der Waals surface area contributed by atoms with Crippen LogP contribution in [0.3, 0.4) is 0 Å². The van der Waals surface area contributed by atoms with Gasteiger partial charge in [-0.3, -0.25) is 10.1 Å². The van der Waals surface area contributed by atoms with Gasteiger partial charge in [-0.25, -0.2) is 12.8 Å². The standard InChI is InChI=1S/C15H10FN5O2S/c16-11-4-6-15(7-5-11)24(22,23)21-13-3-1-2-12(8-13)19-20-14(9-17)10-18/h1-8,19,21H. The molecule has 0 atom stereocenters. The summed E-state index contributed by atoms with van der Waals surface area (Å²) in [5, 5.41) is 20.8. The Morgan fingerprint density at radius 2 is 1.67 bits per heavy atom. The number of hydrogen-bond acceptors (Lipinski definition) is 6. The second-order valence-corrected chi connectivity index (χ2v) is 6.12. The molecule has 9 heteroatoms. The first-order valence-electron chi connectivity index (χ1n) is 6.47. The molecule has 2 rings (SSSR count). The molecule has 2 aromatic rings. The lowest BCUT2D eigenvalue weighted by Gasteiger charge is -2.09. The number of hydrazone groups is 1. The van der Waals surface area contributed by atoms with Crippen molar-refractivity contribution in [3.63, 3.8) is 0 Å². The summed E-state index contributed by atoms with van der Waals surface area (Å²) in [4.78, 5) is -0.0865. The number of halogens is 1. The van der Waals surface area contributed by atoms with Crippen LogP contribution in [0.25, 0.3) is 0 Å². The van der Waals surface area contributed by atoms with E-state index in [9.17, 15) is 12.8 Å². The maximum Gasteiger partial charge on any atom is 0.261 e. The first-order valence-corrected chi connectivity index (χ1v) is 7.95. The third kappa shape index (κ3) is 4.29. The number of nitriles is 2.